The first-order valence-electron chi connectivity index (χ1n) is 11.8. The van der Waals surface area contributed by atoms with Crippen molar-refractivity contribution in [3.05, 3.63) is 60.6 Å². The van der Waals surface area contributed by atoms with E-state index in [4.69, 9.17) is 20.0 Å². The SMILES string of the molecule is COc1cc(-c2nn(C3CCNCC3)c3ncnc(N)c23)ccc1NCc1cc2ccccc2o1. The normalized spacial score (nSPS) is 14.5. The minimum Gasteiger partial charge on any atom is -0.495 e. The summed E-state index contributed by atoms with van der Waals surface area (Å²) in [5.41, 5.74) is 10.5. The lowest BCUT2D eigenvalue weighted by Gasteiger charge is -2.23. The smallest absolute Gasteiger partial charge is 0.164 e. The van der Waals surface area contributed by atoms with Gasteiger partial charge in [-0.2, -0.15) is 5.10 Å². The standard InChI is InChI=1S/C26H27N7O2/c1-34-22-13-17(6-7-20(22)29-14-19-12-16-4-2-3-5-21(16)35-19)24-23-25(27)30-15-31-26(23)33(32-24)18-8-10-28-11-9-18/h2-7,12-13,15,18,28-29H,8-11,14H2,1H3,(H2,27,30,31). The quantitative estimate of drug-likeness (QED) is 0.336. The van der Waals surface area contributed by atoms with Crippen molar-refractivity contribution in [1.82, 2.24) is 25.1 Å². The molecule has 1 aliphatic heterocycles. The molecule has 0 saturated carbocycles. The Morgan fingerprint density at radius 2 is 2.00 bits per heavy atom. The molecule has 0 unspecified atom stereocenters. The van der Waals surface area contributed by atoms with E-state index in [2.05, 4.69) is 20.6 Å². The van der Waals surface area contributed by atoms with E-state index in [0.717, 1.165) is 70.6 Å². The van der Waals surface area contributed by atoms with Crippen LogP contribution in [-0.4, -0.2) is 39.9 Å². The van der Waals surface area contributed by atoms with Gasteiger partial charge in [-0.05, 0) is 50.2 Å². The number of furan rings is 1. The number of fused-ring (bicyclic) bond motifs is 2. The number of hydrogen-bond donors (Lipinski definition) is 3. The Bertz CT molecular complexity index is 1470. The summed E-state index contributed by atoms with van der Waals surface area (Å²) >= 11 is 0. The fraction of sp³-hybridized carbons (Fsp3) is 0.269. The third kappa shape index (κ3) is 3.93. The Labute approximate surface area is 202 Å². The van der Waals surface area contributed by atoms with Crippen molar-refractivity contribution in [2.75, 3.05) is 31.2 Å². The first-order chi connectivity index (χ1) is 17.2. The van der Waals surface area contributed by atoms with Crippen LogP contribution in [0.5, 0.6) is 5.75 Å². The average molecular weight is 470 g/mol. The summed E-state index contributed by atoms with van der Waals surface area (Å²) in [7, 11) is 1.66. The number of ether oxygens (including phenoxy) is 1. The second-order valence-corrected chi connectivity index (χ2v) is 8.75. The monoisotopic (exact) mass is 469 g/mol. The second-order valence-electron chi connectivity index (χ2n) is 8.75. The van der Waals surface area contributed by atoms with E-state index < -0.39 is 0 Å². The minimum absolute atomic E-state index is 0.272. The molecule has 4 heterocycles. The number of piperidine rings is 1. The molecule has 3 aromatic heterocycles. The summed E-state index contributed by atoms with van der Waals surface area (Å²) in [4.78, 5) is 8.78. The molecule has 9 nitrogen and oxygen atoms in total. The Balaban J connectivity index is 1.33. The van der Waals surface area contributed by atoms with Crippen LogP contribution in [0.2, 0.25) is 0 Å². The Morgan fingerprint density at radius 3 is 2.83 bits per heavy atom. The molecule has 0 amide bonds. The van der Waals surface area contributed by atoms with E-state index in [1.54, 1.807) is 7.11 Å². The van der Waals surface area contributed by atoms with Crippen LogP contribution in [0.25, 0.3) is 33.3 Å². The van der Waals surface area contributed by atoms with Gasteiger partial charge in [-0.3, -0.25) is 0 Å². The van der Waals surface area contributed by atoms with Crippen LogP contribution in [0.3, 0.4) is 0 Å². The van der Waals surface area contributed by atoms with Gasteiger partial charge in [0.1, 0.15) is 34.9 Å². The van der Waals surface area contributed by atoms with Crippen LogP contribution in [0.1, 0.15) is 24.6 Å². The van der Waals surface area contributed by atoms with Crippen molar-refractivity contribution in [2.24, 2.45) is 0 Å². The van der Waals surface area contributed by atoms with Crippen molar-refractivity contribution in [1.29, 1.82) is 0 Å². The minimum atomic E-state index is 0.272. The maximum Gasteiger partial charge on any atom is 0.164 e. The molecular formula is C26H27N7O2. The predicted octanol–water partition coefficient (Wildman–Crippen LogP) is 4.37. The molecule has 0 radical (unpaired) electrons. The highest BCUT2D eigenvalue weighted by Gasteiger charge is 2.24. The molecule has 178 valence electrons. The van der Waals surface area contributed by atoms with Gasteiger partial charge in [0.2, 0.25) is 0 Å². The average Bonchev–Trinajstić information content (AvgIpc) is 3.50. The zero-order valence-electron chi connectivity index (χ0n) is 19.5. The summed E-state index contributed by atoms with van der Waals surface area (Å²) in [6.45, 7) is 2.46. The first-order valence-corrected chi connectivity index (χ1v) is 11.8. The van der Waals surface area contributed by atoms with Gasteiger partial charge in [-0.25, -0.2) is 14.6 Å². The van der Waals surface area contributed by atoms with Crippen molar-refractivity contribution in [3.8, 4) is 17.0 Å². The van der Waals surface area contributed by atoms with Crippen LogP contribution < -0.4 is 21.1 Å². The zero-order valence-corrected chi connectivity index (χ0v) is 19.5. The van der Waals surface area contributed by atoms with Gasteiger partial charge in [0, 0.05) is 10.9 Å². The third-order valence-electron chi connectivity index (χ3n) is 6.58. The van der Waals surface area contributed by atoms with Crippen LogP contribution in [0, 0.1) is 0 Å². The molecule has 0 atom stereocenters. The highest BCUT2D eigenvalue weighted by atomic mass is 16.5. The van der Waals surface area contributed by atoms with Gasteiger partial charge >= 0.3 is 0 Å². The van der Waals surface area contributed by atoms with E-state index in [9.17, 15) is 0 Å². The number of rotatable bonds is 6. The highest BCUT2D eigenvalue weighted by molar-refractivity contribution is 5.98. The summed E-state index contributed by atoms with van der Waals surface area (Å²) in [6.07, 6.45) is 3.49. The lowest BCUT2D eigenvalue weighted by molar-refractivity contribution is 0.350. The molecule has 6 rings (SSSR count). The van der Waals surface area contributed by atoms with Gasteiger partial charge in [0.15, 0.2) is 5.65 Å². The summed E-state index contributed by atoms with van der Waals surface area (Å²) in [5, 5.41) is 13.7. The van der Waals surface area contributed by atoms with Crippen molar-refractivity contribution >= 4 is 33.5 Å². The maximum absolute atomic E-state index is 6.31. The number of methoxy groups -OCH3 is 1. The molecule has 35 heavy (non-hydrogen) atoms. The first kappa shape index (κ1) is 21.4. The lowest BCUT2D eigenvalue weighted by Crippen LogP contribution is -2.30. The lowest BCUT2D eigenvalue weighted by atomic mass is 10.1. The molecule has 0 aliphatic carbocycles. The van der Waals surface area contributed by atoms with Crippen molar-refractivity contribution < 1.29 is 9.15 Å². The van der Waals surface area contributed by atoms with Gasteiger partial charge in [-0.1, -0.05) is 24.3 Å². The zero-order chi connectivity index (χ0) is 23.8. The van der Waals surface area contributed by atoms with Crippen LogP contribution in [0.4, 0.5) is 11.5 Å². The van der Waals surface area contributed by atoms with Gasteiger partial charge in [0.25, 0.3) is 0 Å². The molecule has 0 spiro atoms. The number of para-hydroxylation sites is 1. The Morgan fingerprint density at radius 1 is 1.14 bits per heavy atom. The molecule has 5 aromatic rings. The number of nitrogens with two attached hydrogens (primary N) is 1. The number of nitrogen functional groups attached to an aromatic ring is 1. The highest BCUT2D eigenvalue weighted by Crippen LogP contribution is 2.37. The maximum atomic E-state index is 6.31. The summed E-state index contributed by atoms with van der Waals surface area (Å²) in [6, 6.07) is 16.3. The predicted molar refractivity (Wildman–Crippen MR) is 136 cm³/mol. The number of aromatic nitrogens is 4. The molecule has 1 fully saturated rings. The largest absolute Gasteiger partial charge is 0.495 e. The van der Waals surface area contributed by atoms with Crippen molar-refractivity contribution in [3.63, 3.8) is 0 Å². The van der Waals surface area contributed by atoms with Crippen LogP contribution in [-0.2, 0) is 6.54 Å². The number of benzene rings is 2. The fourth-order valence-corrected chi connectivity index (χ4v) is 4.79. The van der Waals surface area contributed by atoms with Gasteiger partial charge in [-0.15, -0.1) is 0 Å². The molecule has 0 bridgehead atoms. The summed E-state index contributed by atoms with van der Waals surface area (Å²) < 4.78 is 13.7. The topological polar surface area (TPSA) is 116 Å². The Kier molecular flexibility index (Phi) is 5.46. The van der Waals surface area contributed by atoms with Gasteiger partial charge < -0.3 is 25.5 Å². The number of nitrogens with zero attached hydrogens (tertiary/aromatic N) is 4. The number of hydrogen-bond acceptors (Lipinski definition) is 8. The van der Waals surface area contributed by atoms with Crippen LogP contribution >= 0.6 is 0 Å². The number of nitrogens with one attached hydrogen (secondary N) is 2. The summed E-state index contributed by atoms with van der Waals surface area (Å²) in [5.74, 6) is 1.99. The fourth-order valence-electron chi connectivity index (χ4n) is 4.79. The van der Waals surface area contributed by atoms with E-state index in [0.29, 0.717) is 18.1 Å². The van der Waals surface area contributed by atoms with E-state index >= 15 is 0 Å². The molecular weight excluding hydrogens is 442 g/mol. The third-order valence-corrected chi connectivity index (χ3v) is 6.58. The molecule has 1 saturated heterocycles. The molecule has 9 heteroatoms. The number of anilines is 2. The van der Waals surface area contributed by atoms with Gasteiger partial charge in [0.05, 0.1) is 30.8 Å². The molecule has 1 aliphatic rings. The van der Waals surface area contributed by atoms with Crippen molar-refractivity contribution in [2.45, 2.75) is 25.4 Å². The second kappa shape index (κ2) is 8.92. The van der Waals surface area contributed by atoms with E-state index in [-0.39, 0.29) is 6.04 Å². The van der Waals surface area contributed by atoms with E-state index in [1.807, 2.05) is 53.2 Å². The Hall–Kier alpha value is -4.11. The van der Waals surface area contributed by atoms with E-state index in [1.165, 1.54) is 6.33 Å². The van der Waals surface area contributed by atoms with Crippen LogP contribution in [0.15, 0.2) is 59.3 Å². The molecule has 2 aromatic carbocycles. The molecule has 4 N–H and O–H groups in total.